The Labute approximate surface area is 124 Å². The molecular weight excluding hydrogens is 266 g/mol. The van der Waals surface area contributed by atoms with Gasteiger partial charge in [0.2, 0.25) is 5.89 Å². The van der Waals surface area contributed by atoms with Gasteiger partial charge in [-0.05, 0) is 37.1 Å². The highest BCUT2D eigenvalue weighted by molar-refractivity contribution is 5.28. The minimum atomic E-state index is 0.237. The topological polar surface area (TPSA) is 60.2 Å². The summed E-state index contributed by atoms with van der Waals surface area (Å²) in [6, 6.07) is 8.17. The normalized spacial score (nSPS) is 19.2. The minimum absolute atomic E-state index is 0.237. The van der Waals surface area contributed by atoms with Crippen molar-refractivity contribution in [2.24, 2.45) is 0 Å². The molecule has 1 aromatic carbocycles. The van der Waals surface area contributed by atoms with E-state index in [0.29, 0.717) is 12.3 Å². The highest BCUT2D eigenvalue weighted by atomic mass is 16.5. The smallest absolute Gasteiger partial charge is 0.231 e. The molecule has 1 aromatic heterocycles. The second kappa shape index (κ2) is 6.72. The quantitative estimate of drug-likeness (QED) is 0.937. The van der Waals surface area contributed by atoms with Gasteiger partial charge in [-0.25, -0.2) is 0 Å². The maximum atomic E-state index is 5.39. The molecule has 0 aliphatic carbocycles. The number of hydrogen-bond acceptors (Lipinski definition) is 5. The fourth-order valence-corrected chi connectivity index (χ4v) is 2.65. The molecule has 5 nitrogen and oxygen atoms in total. The third-order valence-electron chi connectivity index (χ3n) is 3.87. The van der Waals surface area contributed by atoms with Crippen molar-refractivity contribution in [2.45, 2.75) is 38.1 Å². The molecule has 1 N–H and O–H groups in total. The van der Waals surface area contributed by atoms with Crippen LogP contribution < -0.4 is 10.1 Å². The van der Waals surface area contributed by atoms with Gasteiger partial charge in [-0.1, -0.05) is 30.1 Å². The van der Waals surface area contributed by atoms with Crippen molar-refractivity contribution < 1.29 is 9.26 Å². The van der Waals surface area contributed by atoms with Crippen molar-refractivity contribution in [3.05, 3.63) is 41.5 Å². The summed E-state index contributed by atoms with van der Waals surface area (Å²) in [7, 11) is 1.67. The summed E-state index contributed by atoms with van der Waals surface area (Å²) in [6.45, 7) is 1.03. The van der Waals surface area contributed by atoms with E-state index in [0.717, 1.165) is 30.1 Å². The SMILES string of the molecule is COc1ccc(Cc2nc(C3CCCCCN3)no2)cc1. The number of methoxy groups -OCH3 is 1. The summed E-state index contributed by atoms with van der Waals surface area (Å²) in [4.78, 5) is 4.54. The maximum absolute atomic E-state index is 5.39. The van der Waals surface area contributed by atoms with Gasteiger partial charge in [-0.2, -0.15) is 4.98 Å². The highest BCUT2D eigenvalue weighted by Gasteiger charge is 2.19. The van der Waals surface area contributed by atoms with Crippen LogP contribution in [0.2, 0.25) is 0 Å². The molecule has 1 saturated heterocycles. The first-order valence-electron chi connectivity index (χ1n) is 7.54. The molecule has 0 amide bonds. The number of nitrogens with zero attached hydrogens (tertiary/aromatic N) is 2. The molecule has 0 radical (unpaired) electrons. The molecule has 21 heavy (non-hydrogen) atoms. The molecule has 1 aliphatic rings. The molecule has 3 rings (SSSR count). The zero-order valence-electron chi connectivity index (χ0n) is 12.3. The number of nitrogens with one attached hydrogen (secondary N) is 1. The van der Waals surface area contributed by atoms with Crippen molar-refractivity contribution >= 4 is 0 Å². The summed E-state index contributed by atoms with van der Waals surface area (Å²) < 4.78 is 10.5. The monoisotopic (exact) mass is 287 g/mol. The summed E-state index contributed by atoms with van der Waals surface area (Å²) in [5.74, 6) is 2.31. The molecule has 1 atom stereocenters. The van der Waals surface area contributed by atoms with Crippen LogP contribution in [-0.2, 0) is 6.42 Å². The van der Waals surface area contributed by atoms with Crippen molar-refractivity contribution in [3.63, 3.8) is 0 Å². The van der Waals surface area contributed by atoms with Crippen LogP contribution in [0.25, 0.3) is 0 Å². The van der Waals surface area contributed by atoms with E-state index >= 15 is 0 Å². The van der Waals surface area contributed by atoms with Crippen LogP contribution >= 0.6 is 0 Å². The molecule has 0 saturated carbocycles. The lowest BCUT2D eigenvalue weighted by molar-refractivity contribution is 0.369. The summed E-state index contributed by atoms with van der Waals surface area (Å²) in [5.41, 5.74) is 1.14. The van der Waals surface area contributed by atoms with E-state index in [2.05, 4.69) is 15.5 Å². The fourth-order valence-electron chi connectivity index (χ4n) is 2.65. The van der Waals surface area contributed by atoms with Gasteiger partial charge in [0.1, 0.15) is 5.75 Å². The van der Waals surface area contributed by atoms with Gasteiger partial charge in [-0.3, -0.25) is 0 Å². The van der Waals surface area contributed by atoms with Gasteiger partial charge in [0, 0.05) is 0 Å². The van der Waals surface area contributed by atoms with Crippen LogP contribution in [0.15, 0.2) is 28.8 Å². The molecule has 0 spiro atoms. The second-order valence-corrected chi connectivity index (χ2v) is 5.43. The average molecular weight is 287 g/mol. The van der Waals surface area contributed by atoms with Crippen molar-refractivity contribution in [1.82, 2.24) is 15.5 Å². The Kier molecular flexibility index (Phi) is 4.50. The van der Waals surface area contributed by atoms with E-state index < -0.39 is 0 Å². The third-order valence-corrected chi connectivity index (χ3v) is 3.87. The van der Waals surface area contributed by atoms with Crippen LogP contribution in [0.4, 0.5) is 0 Å². The Morgan fingerprint density at radius 3 is 2.90 bits per heavy atom. The van der Waals surface area contributed by atoms with Gasteiger partial charge in [0.15, 0.2) is 5.82 Å². The minimum Gasteiger partial charge on any atom is -0.497 e. The Morgan fingerprint density at radius 1 is 1.24 bits per heavy atom. The van der Waals surface area contributed by atoms with E-state index in [4.69, 9.17) is 9.26 Å². The lowest BCUT2D eigenvalue weighted by atomic mass is 10.1. The van der Waals surface area contributed by atoms with E-state index in [-0.39, 0.29) is 6.04 Å². The molecule has 2 heterocycles. The Balaban J connectivity index is 1.66. The number of hydrogen-bond donors (Lipinski definition) is 1. The molecule has 1 fully saturated rings. The fraction of sp³-hybridized carbons (Fsp3) is 0.500. The van der Waals surface area contributed by atoms with E-state index in [1.165, 1.54) is 19.3 Å². The first-order chi connectivity index (χ1) is 10.3. The van der Waals surface area contributed by atoms with Gasteiger partial charge >= 0.3 is 0 Å². The first kappa shape index (κ1) is 14.1. The standard InChI is InChI=1S/C16H21N3O2/c1-20-13-8-6-12(7-9-13)11-15-18-16(19-21-15)14-5-3-2-4-10-17-14/h6-9,14,17H,2-5,10-11H2,1H3. The predicted molar refractivity (Wildman–Crippen MR) is 79.3 cm³/mol. The lowest BCUT2D eigenvalue weighted by Crippen LogP contribution is -2.21. The molecule has 112 valence electrons. The molecular formula is C16H21N3O2. The van der Waals surface area contributed by atoms with Gasteiger partial charge in [0.25, 0.3) is 0 Å². The largest absolute Gasteiger partial charge is 0.497 e. The highest BCUT2D eigenvalue weighted by Crippen LogP contribution is 2.21. The van der Waals surface area contributed by atoms with Gasteiger partial charge in [-0.15, -0.1) is 0 Å². The number of aromatic nitrogens is 2. The molecule has 1 unspecified atom stereocenters. The average Bonchev–Trinajstić information content (AvgIpc) is 2.81. The van der Waals surface area contributed by atoms with Crippen molar-refractivity contribution in [2.75, 3.05) is 13.7 Å². The van der Waals surface area contributed by atoms with Gasteiger partial charge in [0.05, 0.1) is 19.6 Å². The second-order valence-electron chi connectivity index (χ2n) is 5.43. The van der Waals surface area contributed by atoms with E-state index in [1.54, 1.807) is 7.11 Å². The van der Waals surface area contributed by atoms with E-state index in [1.807, 2.05) is 24.3 Å². The summed E-state index contributed by atoms with van der Waals surface area (Å²) >= 11 is 0. The summed E-state index contributed by atoms with van der Waals surface area (Å²) in [6.07, 6.45) is 5.47. The van der Waals surface area contributed by atoms with Crippen LogP contribution in [0, 0.1) is 0 Å². The number of rotatable bonds is 4. The Hall–Kier alpha value is -1.88. The van der Waals surface area contributed by atoms with E-state index in [9.17, 15) is 0 Å². The predicted octanol–water partition coefficient (Wildman–Crippen LogP) is 2.87. The van der Waals surface area contributed by atoms with Crippen molar-refractivity contribution in [1.29, 1.82) is 0 Å². The van der Waals surface area contributed by atoms with Crippen LogP contribution in [0.5, 0.6) is 5.75 Å². The zero-order valence-corrected chi connectivity index (χ0v) is 12.3. The van der Waals surface area contributed by atoms with Crippen molar-refractivity contribution in [3.8, 4) is 5.75 Å². The summed E-state index contributed by atoms with van der Waals surface area (Å²) in [5, 5.41) is 7.63. The number of ether oxygens (including phenoxy) is 1. The molecule has 2 aromatic rings. The molecule has 5 heteroatoms. The zero-order chi connectivity index (χ0) is 14.5. The molecule has 1 aliphatic heterocycles. The number of benzene rings is 1. The first-order valence-corrected chi connectivity index (χ1v) is 7.54. The molecule has 0 bridgehead atoms. The Bertz CT molecular complexity index is 557. The van der Waals surface area contributed by atoms with Crippen LogP contribution in [0.3, 0.4) is 0 Å². The van der Waals surface area contributed by atoms with Crippen LogP contribution in [0.1, 0.15) is 49.0 Å². The third kappa shape index (κ3) is 3.61. The lowest BCUT2D eigenvalue weighted by Gasteiger charge is -2.09. The maximum Gasteiger partial charge on any atom is 0.231 e. The van der Waals surface area contributed by atoms with Crippen LogP contribution in [-0.4, -0.2) is 23.8 Å². The Morgan fingerprint density at radius 2 is 2.10 bits per heavy atom. The van der Waals surface area contributed by atoms with Gasteiger partial charge < -0.3 is 14.6 Å².